The largest absolute Gasteiger partial charge is 0.481 e. The number of carboxylic acid groups (broad SMARTS) is 1. The summed E-state index contributed by atoms with van der Waals surface area (Å²) in [7, 11) is 0. The minimum Gasteiger partial charge on any atom is -0.481 e. The van der Waals surface area contributed by atoms with Gasteiger partial charge in [0, 0.05) is 19.0 Å². The number of aliphatic carboxylic acids is 1. The lowest BCUT2D eigenvalue weighted by Crippen LogP contribution is -2.32. The predicted octanol–water partition coefficient (Wildman–Crippen LogP) is 4.16. The van der Waals surface area contributed by atoms with Crippen molar-refractivity contribution in [1.29, 1.82) is 0 Å². The van der Waals surface area contributed by atoms with Gasteiger partial charge in [-0.3, -0.25) is 4.79 Å². The van der Waals surface area contributed by atoms with E-state index in [9.17, 15) is 9.90 Å². The van der Waals surface area contributed by atoms with Crippen LogP contribution < -0.4 is 5.32 Å². The molecule has 1 unspecified atom stereocenters. The van der Waals surface area contributed by atoms with Crippen molar-refractivity contribution in [2.45, 2.75) is 26.2 Å². The standard InChI is InChI=1S/C21H27NO2/c1-16(2)13-19(21(23)24)14-22-15-20(17-9-5-3-6-10-17)18-11-7-4-8-12-18/h3-12,16,19-20,22H,13-15H2,1-2H3,(H,23,24). The van der Waals surface area contributed by atoms with Gasteiger partial charge in [-0.15, -0.1) is 0 Å². The molecular formula is C21H27NO2. The van der Waals surface area contributed by atoms with Gasteiger partial charge in [0.15, 0.2) is 0 Å². The van der Waals surface area contributed by atoms with E-state index in [0.717, 1.165) is 6.54 Å². The zero-order chi connectivity index (χ0) is 17.4. The Balaban J connectivity index is 2.05. The summed E-state index contributed by atoms with van der Waals surface area (Å²) in [5.74, 6) is -0.447. The molecule has 2 aromatic carbocycles. The number of benzene rings is 2. The van der Waals surface area contributed by atoms with Crippen LogP contribution in [0.15, 0.2) is 60.7 Å². The molecule has 0 aliphatic carbocycles. The van der Waals surface area contributed by atoms with Crippen LogP contribution in [0.2, 0.25) is 0 Å². The van der Waals surface area contributed by atoms with Crippen molar-refractivity contribution in [3.05, 3.63) is 71.8 Å². The third-order valence-corrected chi connectivity index (χ3v) is 4.25. The van der Waals surface area contributed by atoms with Crippen molar-refractivity contribution in [1.82, 2.24) is 5.32 Å². The summed E-state index contributed by atoms with van der Waals surface area (Å²) in [5, 5.41) is 12.8. The maximum atomic E-state index is 11.4. The lowest BCUT2D eigenvalue weighted by molar-refractivity contribution is -0.142. The Labute approximate surface area is 144 Å². The Hall–Kier alpha value is -2.13. The van der Waals surface area contributed by atoms with Gasteiger partial charge in [0.25, 0.3) is 0 Å². The highest BCUT2D eigenvalue weighted by Crippen LogP contribution is 2.24. The monoisotopic (exact) mass is 325 g/mol. The minimum absolute atomic E-state index is 0.223. The van der Waals surface area contributed by atoms with Crippen LogP contribution in [0.3, 0.4) is 0 Å². The first-order chi connectivity index (χ1) is 11.6. The molecule has 2 aromatic rings. The van der Waals surface area contributed by atoms with E-state index in [4.69, 9.17) is 0 Å². The summed E-state index contributed by atoms with van der Waals surface area (Å²) in [6.07, 6.45) is 0.698. The Morgan fingerprint density at radius 2 is 1.42 bits per heavy atom. The maximum Gasteiger partial charge on any atom is 0.307 e. The number of carboxylic acids is 1. The van der Waals surface area contributed by atoms with Gasteiger partial charge >= 0.3 is 5.97 Å². The highest BCUT2D eigenvalue weighted by Gasteiger charge is 2.20. The second-order valence-electron chi connectivity index (χ2n) is 6.70. The Morgan fingerprint density at radius 3 is 1.83 bits per heavy atom. The molecule has 0 aromatic heterocycles. The third kappa shape index (κ3) is 5.50. The van der Waals surface area contributed by atoms with Crippen LogP contribution in [0, 0.1) is 11.8 Å². The molecule has 0 amide bonds. The molecule has 2 rings (SSSR count). The van der Waals surface area contributed by atoms with E-state index < -0.39 is 5.97 Å². The maximum absolute atomic E-state index is 11.4. The highest BCUT2D eigenvalue weighted by molar-refractivity contribution is 5.70. The number of hydrogen-bond acceptors (Lipinski definition) is 2. The summed E-state index contributed by atoms with van der Waals surface area (Å²) in [6.45, 7) is 5.36. The molecule has 3 nitrogen and oxygen atoms in total. The van der Waals surface area contributed by atoms with Crippen LogP contribution in [-0.4, -0.2) is 24.2 Å². The van der Waals surface area contributed by atoms with Crippen molar-refractivity contribution in [2.75, 3.05) is 13.1 Å². The van der Waals surface area contributed by atoms with E-state index in [1.807, 2.05) is 36.4 Å². The lowest BCUT2D eigenvalue weighted by Gasteiger charge is -2.21. The predicted molar refractivity (Wildman–Crippen MR) is 98.2 cm³/mol. The van der Waals surface area contributed by atoms with E-state index >= 15 is 0 Å². The van der Waals surface area contributed by atoms with Gasteiger partial charge in [0.1, 0.15) is 0 Å². The molecule has 128 valence electrons. The molecular weight excluding hydrogens is 298 g/mol. The molecule has 0 fully saturated rings. The molecule has 0 aliphatic rings. The normalized spacial score (nSPS) is 12.5. The molecule has 0 aliphatic heterocycles. The van der Waals surface area contributed by atoms with Gasteiger partial charge in [-0.05, 0) is 23.5 Å². The van der Waals surface area contributed by atoms with Crippen LogP contribution in [0.5, 0.6) is 0 Å². The number of carbonyl (C=O) groups is 1. The lowest BCUT2D eigenvalue weighted by atomic mass is 9.91. The summed E-state index contributed by atoms with van der Waals surface area (Å²) < 4.78 is 0. The van der Waals surface area contributed by atoms with Crippen LogP contribution in [0.4, 0.5) is 0 Å². The third-order valence-electron chi connectivity index (χ3n) is 4.25. The smallest absolute Gasteiger partial charge is 0.307 e. The van der Waals surface area contributed by atoms with Crippen molar-refractivity contribution in [3.8, 4) is 0 Å². The second kappa shape index (κ2) is 9.24. The molecule has 0 saturated heterocycles. The van der Waals surface area contributed by atoms with Crippen LogP contribution in [-0.2, 0) is 4.79 Å². The summed E-state index contributed by atoms with van der Waals surface area (Å²) in [5.41, 5.74) is 2.49. The van der Waals surface area contributed by atoms with E-state index in [0.29, 0.717) is 18.9 Å². The average Bonchev–Trinajstić information content (AvgIpc) is 2.58. The van der Waals surface area contributed by atoms with E-state index in [-0.39, 0.29) is 11.8 Å². The molecule has 24 heavy (non-hydrogen) atoms. The van der Waals surface area contributed by atoms with Crippen molar-refractivity contribution < 1.29 is 9.90 Å². The molecule has 2 N–H and O–H groups in total. The Bertz CT molecular complexity index is 571. The van der Waals surface area contributed by atoms with Gasteiger partial charge in [0.2, 0.25) is 0 Å². The van der Waals surface area contributed by atoms with Gasteiger partial charge in [-0.1, -0.05) is 74.5 Å². The molecule has 0 saturated carbocycles. The fourth-order valence-electron chi connectivity index (χ4n) is 3.04. The Morgan fingerprint density at radius 1 is 0.917 bits per heavy atom. The SMILES string of the molecule is CC(C)CC(CNCC(c1ccccc1)c1ccccc1)C(=O)O. The molecule has 3 heteroatoms. The van der Waals surface area contributed by atoms with Gasteiger partial charge < -0.3 is 10.4 Å². The van der Waals surface area contributed by atoms with E-state index in [2.05, 4.69) is 43.4 Å². The second-order valence-corrected chi connectivity index (χ2v) is 6.70. The quantitative estimate of drug-likeness (QED) is 0.728. The summed E-state index contributed by atoms with van der Waals surface area (Å²) >= 11 is 0. The highest BCUT2D eigenvalue weighted by atomic mass is 16.4. The van der Waals surface area contributed by atoms with Crippen LogP contribution in [0.25, 0.3) is 0 Å². The average molecular weight is 325 g/mol. The first-order valence-corrected chi connectivity index (χ1v) is 8.61. The van der Waals surface area contributed by atoms with E-state index in [1.54, 1.807) is 0 Å². The fraction of sp³-hybridized carbons (Fsp3) is 0.381. The molecule has 0 bridgehead atoms. The van der Waals surface area contributed by atoms with Crippen molar-refractivity contribution in [3.63, 3.8) is 0 Å². The fourth-order valence-corrected chi connectivity index (χ4v) is 3.04. The van der Waals surface area contributed by atoms with Crippen molar-refractivity contribution >= 4 is 5.97 Å². The zero-order valence-corrected chi connectivity index (χ0v) is 14.5. The Kier molecular flexibility index (Phi) is 7.01. The summed E-state index contributed by atoms with van der Waals surface area (Å²) in [6, 6.07) is 20.7. The van der Waals surface area contributed by atoms with Crippen LogP contribution in [0.1, 0.15) is 37.3 Å². The van der Waals surface area contributed by atoms with Crippen LogP contribution >= 0.6 is 0 Å². The minimum atomic E-state index is -0.716. The first-order valence-electron chi connectivity index (χ1n) is 8.61. The molecule has 1 atom stereocenters. The number of nitrogens with one attached hydrogen (secondary N) is 1. The molecule has 0 spiro atoms. The number of hydrogen-bond donors (Lipinski definition) is 2. The van der Waals surface area contributed by atoms with Crippen molar-refractivity contribution in [2.24, 2.45) is 11.8 Å². The summed E-state index contributed by atoms with van der Waals surface area (Å²) in [4.78, 5) is 11.4. The first kappa shape index (κ1) is 18.2. The van der Waals surface area contributed by atoms with Gasteiger partial charge in [-0.25, -0.2) is 0 Å². The van der Waals surface area contributed by atoms with Gasteiger partial charge in [-0.2, -0.15) is 0 Å². The zero-order valence-electron chi connectivity index (χ0n) is 14.5. The molecule has 0 radical (unpaired) electrons. The molecule has 0 heterocycles. The van der Waals surface area contributed by atoms with Gasteiger partial charge in [0.05, 0.1) is 5.92 Å². The topological polar surface area (TPSA) is 49.3 Å². The number of rotatable bonds is 9. The van der Waals surface area contributed by atoms with E-state index in [1.165, 1.54) is 11.1 Å².